The van der Waals surface area contributed by atoms with Crippen molar-refractivity contribution in [2.75, 3.05) is 6.54 Å². The Balaban J connectivity index is 1.24. The molecule has 9 nitrogen and oxygen atoms in total. The molecule has 2 aliphatic heterocycles. The Hall–Kier alpha value is -4.47. The van der Waals surface area contributed by atoms with Crippen molar-refractivity contribution in [1.29, 1.82) is 0 Å². The molecule has 2 fully saturated rings. The molecule has 5 atom stereocenters. The number of hydrogen-bond acceptors (Lipinski definition) is 8. The molecular weight excluding hydrogens is 788 g/mol. The molecule has 1 N–H and O–H groups in total. The highest BCUT2D eigenvalue weighted by molar-refractivity contribution is 6.38. The Kier molecular flexibility index (Phi) is 14.9. The van der Waals surface area contributed by atoms with E-state index in [0.717, 1.165) is 31.2 Å². The second kappa shape index (κ2) is 19.7. The minimum Gasteiger partial charge on any atom is -0.387 e. The summed E-state index contributed by atoms with van der Waals surface area (Å²) in [5, 5.41) is 17.3. The predicted molar refractivity (Wildman–Crippen MR) is 238 cm³/mol. The zero-order valence-electron chi connectivity index (χ0n) is 36.5. The van der Waals surface area contributed by atoms with Gasteiger partial charge in [-0.2, -0.15) is 0 Å². The Bertz CT molecular complexity index is 2030. The summed E-state index contributed by atoms with van der Waals surface area (Å²) in [7, 11) is 0. The van der Waals surface area contributed by atoms with Gasteiger partial charge in [0, 0.05) is 66.9 Å². The average molecular weight is 852 g/mol. The molecule has 0 radical (unpaired) electrons. The first-order chi connectivity index (χ1) is 29.0. The number of likely N-dealkylation sites (tertiary alicyclic amines) is 1. The third-order valence-corrected chi connectivity index (χ3v) is 13.7. The molecule has 0 unspecified atom stereocenters. The number of benzene rings is 3. The van der Waals surface area contributed by atoms with Crippen LogP contribution in [0.4, 0.5) is 0 Å². The molecule has 3 aliphatic rings. The normalized spacial score (nSPS) is 21.1. The van der Waals surface area contributed by atoms with Gasteiger partial charge in [-0.15, -0.1) is 0 Å². The molecule has 1 saturated heterocycles. The summed E-state index contributed by atoms with van der Waals surface area (Å²) < 4.78 is 0. The van der Waals surface area contributed by atoms with Crippen LogP contribution < -0.4 is 0 Å². The van der Waals surface area contributed by atoms with Gasteiger partial charge in [0.25, 0.3) is 0 Å². The number of halogens is 1. The first-order valence-corrected chi connectivity index (χ1v) is 22.7. The first kappa shape index (κ1) is 46.0. The topological polar surface area (TPSA) is 130 Å². The summed E-state index contributed by atoms with van der Waals surface area (Å²) in [5.74, 6) is -3.81. The van der Waals surface area contributed by atoms with Gasteiger partial charge in [0.15, 0.2) is 17.2 Å². The lowest BCUT2D eigenvalue weighted by molar-refractivity contribution is -0.147. The Morgan fingerprint density at radius 3 is 2.11 bits per heavy atom. The number of ketones is 4. The van der Waals surface area contributed by atoms with E-state index in [2.05, 4.69) is 5.16 Å². The van der Waals surface area contributed by atoms with Crippen molar-refractivity contribution in [3.05, 3.63) is 107 Å². The minimum atomic E-state index is -1.55. The Morgan fingerprint density at radius 1 is 0.885 bits per heavy atom. The fraction of sp³-hybridized carbons (Fsp3) is 0.529. The van der Waals surface area contributed by atoms with Crippen molar-refractivity contribution >= 4 is 46.4 Å². The summed E-state index contributed by atoms with van der Waals surface area (Å²) in [5.41, 5.74) is -0.495. The molecule has 1 amide bonds. The van der Waals surface area contributed by atoms with Crippen LogP contribution in [-0.2, 0) is 34.4 Å². The standard InChI is InChI=1S/C51H63ClN2O7/c1-6-17-37(47(58)46(57)26-34(2)51(60,38-21-12-8-13-22-38)39-23-14-9-15-24-39)29-45(56)44-32-50(31-43(53-61-50)36-20-16-25-40(52)28-36)33-54(44)48(59)42(49(3,4)5)30-41(55)27-35-18-10-7-11-19-35/h8-9,12-16,20-25,28,34-35,37,42,44,60H,6-7,10-11,17-19,26-27,29-33H2,1-5H3/t34-,37-,42-,44+,50-/m1/s1. The largest absolute Gasteiger partial charge is 0.387 e. The molecule has 10 heteroatoms. The van der Waals surface area contributed by atoms with E-state index in [0.29, 0.717) is 53.5 Å². The van der Waals surface area contributed by atoms with Crippen molar-refractivity contribution in [2.45, 2.75) is 135 Å². The van der Waals surface area contributed by atoms with E-state index >= 15 is 0 Å². The number of Topliss-reactive ketones (excluding diaryl/α,β-unsaturated/α-hetero) is 4. The van der Waals surface area contributed by atoms with E-state index in [1.807, 2.05) is 100 Å². The van der Waals surface area contributed by atoms with Gasteiger partial charge in [0.05, 0.1) is 18.3 Å². The molecular formula is C51H63ClN2O7. The molecule has 61 heavy (non-hydrogen) atoms. The van der Waals surface area contributed by atoms with Gasteiger partial charge in [-0.1, -0.05) is 163 Å². The summed E-state index contributed by atoms with van der Waals surface area (Å²) >= 11 is 6.33. The van der Waals surface area contributed by atoms with Crippen LogP contribution in [0.2, 0.25) is 5.02 Å². The van der Waals surface area contributed by atoms with Crippen LogP contribution >= 0.6 is 11.6 Å². The Morgan fingerprint density at radius 2 is 1.52 bits per heavy atom. The van der Waals surface area contributed by atoms with Crippen LogP contribution in [0.3, 0.4) is 0 Å². The molecule has 3 aromatic rings. The van der Waals surface area contributed by atoms with Crippen molar-refractivity contribution in [1.82, 2.24) is 4.90 Å². The first-order valence-electron chi connectivity index (χ1n) is 22.3. The monoisotopic (exact) mass is 850 g/mol. The van der Waals surface area contributed by atoms with Gasteiger partial charge in [-0.3, -0.25) is 24.0 Å². The highest BCUT2D eigenvalue weighted by atomic mass is 35.5. The van der Waals surface area contributed by atoms with E-state index in [4.69, 9.17) is 16.4 Å². The zero-order chi connectivity index (χ0) is 44.0. The van der Waals surface area contributed by atoms with Gasteiger partial charge in [-0.25, -0.2) is 0 Å². The molecule has 1 aliphatic carbocycles. The van der Waals surface area contributed by atoms with Gasteiger partial charge in [0.1, 0.15) is 11.4 Å². The van der Waals surface area contributed by atoms with E-state index in [1.54, 1.807) is 24.0 Å². The third-order valence-electron chi connectivity index (χ3n) is 13.4. The summed E-state index contributed by atoms with van der Waals surface area (Å²) in [4.78, 5) is 79.3. The number of nitrogens with zero attached hydrogens (tertiary/aromatic N) is 2. The maximum atomic E-state index is 14.9. The smallest absolute Gasteiger partial charge is 0.227 e. The number of aliphatic hydroxyl groups is 1. The summed E-state index contributed by atoms with van der Waals surface area (Å²) in [6.07, 6.45) is 6.88. The SMILES string of the molecule is CCC[C@H](CC(=O)[C@@H]1C[C@]2(CC(c3cccc(Cl)c3)=NO2)CN1C(=O)[C@@H](CC(=O)CC1CCCCC1)C(C)(C)C)C(=O)C(=O)C[C@@H](C)C(O)(c1ccccc1)c1ccccc1. The number of rotatable bonds is 18. The second-order valence-electron chi connectivity index (χ2n) is 19.1. The lowest BCUT2D eigenvalue weighted by atomic mass is 9.74. The third kappa shape index (κ3) is 10.8. The van der Waals surface area contributed by atoms with Crippen LogP contribution in [0.15, 0.2) is 90.1 Å². The van der Waals surface area contributed by atoms with E-state index in [1.165, 1.54) is 6.42 Å². The van der Waals surface area contributed by atoms with Gasteiger partial charge in [-0.05, 0) is 41.0 Å². The number of hydrogen-bond donors (Lipinski definition) is 1. The number of amides is 1. The second-order valence-corrected chi connectivity index (χ2v) is 19.5. The molecule has 6 rings (SSSR count). The zero-order valence-corrected chi connectivity index (χ0v) is 37.3. The lowest BCUT2D eigenvalue weighted by Gasteiger charge is -2.35. The number of oxime groups is 1. The van der Waals surface area contributed by atoms with E-state index in [9.17, 15) is 29.1 Å². The van der Waals surface area contributed by atoms with Crippen molar-refractivity contribution in [3.8, 4) is 0 Å². The maximum Gasteiger partial charge on any atom is 0.227 e. The van der Waals surface area contributed by atoms with Crippen LogP contribution in [0.1, 0.15) is 135 Å². The molecule has 326 valence electrons. The summed E-state index contributed by atoms with van der Waals surface area (Å²) in [6.45, 7) is 9.62. The average Bonchev–Trinajstić information content (AvgIpc) is 3.85. The van der Waals surface area contributed by atoms with Gasteiger partial charge in [0.2, 0.25) is 11.7 Å². The fourth-order valence-corrected chi connectivity index (χ4v) is 10.1. The molecule has 3 aromatic carbocycles. The molecule has 1 spiro atoms. The van der Waals surface area contributed by atoms with E-state index in [-0.39, 0.29) is 49.7 Å². The highest BCUT2D eigenvalue weighted by Crippen LogP contribution is 2.43. The van der Waals surface area contributed by atoms with Crippen LogP contribution in [0.25, 0.3) is 0 Å². The molecule has 0 aromatic heterocycles. The molecule has 1 saturated carbocycles. The summed E-state index contributed by atoms with van der Waals surface area (Å²) in [6, 6.07) is 24.6. The van der Waals surface area contributed by atoms with Gasteiger partial charge >= 0.3 is 0 Å². The van der Waals surface area contributed by atoms with Crippen LogP contribution in [0.5, 0.6) is 0 Å². The minimum absolute atomic E-state index is 0.0634. The van der Waals surface area contributed by atoms with Crippen molar-refractivity contribution in [2.24, 2.45) is 34.2 Å². The number of carbonyl (C=O) groups excluding carboxylic acids is 5. The van der Waals surface area contributed by atoms with Crippen molar-refractivity contribution in [3.63, 3.8) is 0 Å². The predicted octanol–water partition coefficient (Wildman–Crippen LogP) is 9.87. The highest BCUT2D eigenvalue weighted by Gasteiger charge is 2.55. The lowest BCUT2D eigenvalue weighted by Crippen LogP contribution is -2.48. The molecule has 0 bridgehead atoms. The Labute approximate surface area is 366 Å². The quantitative estimate of drug-likeness (QED) is 0.126. The maximum absolute atomic E-state index is 14.9. The molecule has 2 heterocycles. The number of carbonyl (C=O) groups is 5. The van der Waals surface area contributed by atoms with Gasteiger partial charge < -0.3 is 14.8 Å². The van der Waals surface area contributed by atoms with E-state index < -0.39 is 52.0 Å². The van der Waals surface area contributed by atoms with Crippen LogP contribution in [0, 0.1) is 29.1 Å². The van der Waals surface area contributed by atoms with Crippen molar-refractivity contribution < 1.29 is 33.9 Å². The fourth-order valence-electron chi connectivity index (χ4n) is 9.92. The van der Waals surface area contributed by atoms with Crippen LogP contribution in [-0.4, -0.2) is 62.9 Å².